The second-order valence-corrected chi connectivity index (χ2v) is 7.27. The molecule has 2 aromatic heterocycles. The Labute approximate surface area is 123 Å². The van der Waals surface area contributed by atoms with Gasteiger partial charge in [0.15, 0.2) is 0 Å². The molecule has 0 saturated heterocycles. The molecule has 1 N–H and O–H groups in total. The van der Waals surface area contributed by atoms with Crippen LogP contribution in [0.2, 0.25) is 0 Å². The molecule has 20 heavy (non-hydrogen) atoms. The zero-order chi connectivity index (χ0) is 13.5. The first kappa shape index (κ1) is 12.6. The first-order valence-electron chi connectivity index (χ1n) is 7.90. The molecule has 0 spiro atoms. The molecule has 1 fully saturated rings. The Bertz CT molecular complexity index is 692. The molecule has 2 heterocycles. The van der Waals surface area contributed by atoms with Crippen LogP contribution in [-0.4, -0.2) is 9.55 Å². The SMILES string of the molecule is N=c1c2c3c(sc2ncn1C1CCCCC1)CCCC3. The highest BCUT2D eigenvalue weighted by atomic mass is 32.1. The van der Waals surface area contributed by atoms with Gasteiger partial charge in [0.2, 0.25) is 0 Å². The summed E-state index contributed by atoms with van der Waals surface area (Å²) in [5.74, 6) is 0. The minimum absolute atomic E-state index is 0.507. The number of hydrogen-bond donors (Lipinski definition) is 1. The second-order valence-electron chi connectivity index (χ2n) is 6.18. The van der Waals surface area contributed by atoms with Crippen LogP contribution in [0.15, 0.2) is 6.33 Å². The van der Waals surface area contributed by atoms with Crippen molar-refractivity contribution in [1.29, 1.82) is 5.41 Å². The van der Waals surface area contributed by atoms with Gasteiger partial charge in [-0.2, -0.15) is 0 Å². The van der Waals surface area contributed by atoms with E-state index >= 15 is 0 Å². The maximum atomic E-state index is 8.66. The van der Waals surface area contributed by atoms with Gasteiger partial charge >= 0.3 is 0 Å². The van der Waals surface area contributed by atoms with Crippen molar-refractivity contribution in [2.45, 2.75) is 63.8 Å². The molecule has 0 unspecified atom stereocenters. The fourth-order valence-electron chi connectivity index (χ4n) is 3.82. The van der Waals surface area contributed by atoms with Gasteiger partial charge in [0.25, 0.3) is 0 Å². The van der Waals surface area contributed by atoms with E-state index in [9.17, 15) is 0 Å². The monoisotopic (exact) mass is 287 g/mol. The lowest BCUT2D eigenvalue weighted by molar-refractivity contribution is 0.342. The number of rotatable bonds is 1. The largest absolute Gasteiger partial charge is 0.314 e. The van der Waals surface area contributed by atoms with Gasteiger partial charge in [0.05, 0.1) is 11.7 Å². The highest BCUT2D eigenvalue weighted by molar-refractivity contribution is 7.18. The Balaban J connectivity index is 1.87. The lowest BCUT2D eigenvalue weighted by atomic mass is 9.94. The summed E-state index contributed by atoms with van der Waals surface area (Å²) in [5, 5.41) is 9.83. The molecule has 0 amide bonds. The predicted octanol–water partition coefficient (Wildman–Crippen LogP) is 3.96. The average Bonchev–Trinajstić information content (AvgIpc) is 2.88. The number of aryl methyl sites for hydroxylation is 2. The number of nitrogens with zero attached hydrogens (tertiary/aromatic N) is 2. The Morgan fingerprint density at radius 1 is 1.10 bits per heavy atom. The van der Waals surface area contributed by atoms with Gasteiger partial charge in [-0.3, -0.25) is 5.41 Å². The molecule has 4 heteroatoms. The molecule has 3 nitrogen and oxygen atoms in total. The summed E-state index contributed by atoms with van der Waals surface area (Å²) >= 11 is 1.82. The van der Waals surface area contributed by atoms with Crippen LogP contribution >= 0.6 is 11.3 Å². The Morgan fingerprint density at radius 2 is 1.90 bits per heavy atom. The third-order valence-electron chi connectivity index (χ3n) is 4.92. The zero-order valence-electron chi connectivity index (χ0n) is 11.8. The third-order valence-corrected chi connectivity index (χ3v) is 6.12. The van der Waals surface area contributed by atoms with E-state index in [4.69, 9.17) is 5.41 Å². The highest BCUT2D eigenvalue weighted by Crippen LogP contribution is 2.34. The van der Waals surface area contributed by atoms with Crippen LogP contribution in [0, 0.1) is 5.41 Å². The standard InChI is InChI=1S/C16H21N3S/c17-15-14-12-8-4-5-9-13(12)20-16(14)18-10-19(15)11-6-2-1-3-7-11/h10-11,17H,1-9H2. The van der Waals surface area contributed by atoms with Crippen molar-refractivity contribution in [3.8, 4) is 0 Å². The first-order chi connectivity index (χ1) is 9.84. The maximum Gasteiger partial charge on any atom is 0.136 e. The molecular formula is C16H21N3S. The fourth-order valence-corrected chi connectivity index (χ4v) is 5.05. The minimum Gasteiger partial charge on any atom is -0.314 e. The fraction of sp³-hybridized carbons (Fsp3) is 0.625. The van der Waals surface area contributed by atoms with Crippen molar-refractivity contribution in [3.05, 3.63) is 22.3 Å². The number of fused-ring (bicyclic) bond motifs is 3. The highest BCUT2D eigenvalue weighted by Gasteiger charge is 2.21. The van der Waals surface area contributed by atoms with Crippen molar-refractivity contribution in [1.82, 2.24) is 9.55 Å². The lowest BCUT2D eigenvalue weighted by Gasteiger charge is -2.24. The van der Waals surface area contributed by atoms with Crippen LogP contribution in [0.5, 0.6) is 0 Å². The van der Waals surface area contributed by atoms with E-state index in [1.54, 1.807) is 0 Å². The van der Waals surface area contributed by atoms with Crippen molar-refractivity contribution < 1.29 is 0 Å². The van der Waals surface area contributed by atoms with Gasteiger partial charge < -0.3 is 4.57 Å². The smallest absolute Gasteiger partial charge is 0.136 e. The summed E-state index contributed by atoms with van der Waals surface area (Å²) in [7, 11) is 0. The predicted molar refractivity (Wildman–Crippen MR) is 82.2 cm³/mol. The Hall–Kier alpha value is -1.16. The van der Waals surface area contributed by atoms with Crippen LogP contribution < -0.4 is 5.49 Å². The number of nitrogens with one attached hydrogen (secondary N) is 1. The molecule has 2 aromatic rings. The molecule has 0 atom stereocenters. The van der Waals surface area contributed by atoms with E-state index in [0.717, 1.165) is 22.1 Å². The van der Waals surface area contributed by atoms with Gasteiger partial charge in [-0.1, -0.05) is 19.3 Å². The van der Waals surface area contributed by atoms with Crippen LogP contribution in [-0.2, 0) is 12.8 Å². The summed E-state index contributed by atoms with van der Waals surface area (Å²) in [4.78, 5) is 7.27. The molecule has 0 aromatic carbocycles. The van der Waals surface area contributed by atoms with E-state index < -0.39 is 0 Å². The van der Waals surface area contributed by atoms with Crippen LogP contribution in [0.4, 0.5) is 0 Å². The van der Waals surface area contributed by atoms with Crippen molar-refractivity contribution >= 4 is 21.6 Å². The Morgan fingerprint density at radius 3 is 2.75 bits per heavy atom. The van der Waals surface area contributed by atoms with Gasteiger partial charge in [0.1, 0.15) is 10.3 Å². The summed E-state index contributed by atoms with van der Waals surface area (Å²) in [5.41, 5.74) is 2.17. The van der Waals surface area contributed by atoms with Gasteiger partial charge in [-0.15, -0.1) is 11.3 Å². The van der Waals surface area contributed by atoms with E-state index in [1.807, 2.05) is 17.7 Å². The molecule has 0 bridgehead atoms. The zero-order valence-corrected chi connectivity index (χ0v) is 12.6. The second kappa shape index (κ2) is 4.99. The quantitative estimate of drug-likeness (QED) is 0.847. The lowest BCUT2D eigenvalue weighted by Crippen LogP contribution is -2.27. The Kier molecular flexibility index (Phi) is 3.14. The topological polar surface area (TPSA) is 41.7 Å². The molecule has 2 aliphatic rings. The van der Waals surface area contributed by atoms with Crippen LogP contribution in [0.1, 0.15) is 61.4 Å². The number of aromatic nitrogens is 2. The summed E-state index contributed by atoms with van der Waals surface area (Å²) in [6.07, 6.45) is 13.2. The molecule has 1 saturated carbocycles. The molecule has 106 valence electrons. The molecule has 4 rings (SSSR count). The summed E-state index contributed by atoms with van der Waals surface area (Å²) in [6.45, 7) is 0. The molecule has 0 aliphatic heterocycles. The van der Waals surface area contributed by atoms with Gasteiger partial charge in [-0.05, 0) is 44.1 Å². The normalized spacial score (nSPS) is 20.2. The van der Waals surface area contributed by atoms with Crippen molar-refractivity contribution in [2.24, 2.45) is 0 Å². The van der Waals surface area contributed by atoms with E-state index in [1.165, 1.54) is 61.8 Å². The van der Waals surface area contributed by atoms with Crippen LogP contribution in [0.25, 0.3) is 10.2 Å². The van der Waals surface area contributed by atoms with Crippen molar-refractivity contribution in [3.63, 3.8) is 0 Å². The average molecular weight is 287 g/mol. The molecular weight excluding hydrogens is 266 g/mol. The van der Waals surface area contributed by atoms with Gasteiger partial charge in [0, 0.05) is 10.9 Å². The van der Waals surface area contributed by atoms with E-state index in [0.29, 0.717) is 6.04 Å². The third kappa shape index (κ3) is 1.93. The van der Waals surface area contributed by atoms with E-state index in [2.05, 4.69) is 9.55 Å². The molecule has 2 aliphatic carbocycles. The molecule has 0 radical (unpaired) electrons. The van der Waals surface area contributed by atoms with E-state index in [-0.39, 0.29) is 0 Å². The number of hydrogen-bond acceptors (Lipinski definition) is 3. The number of thiophene rings is 1. The van der Waals surface area contributed by atoms with Crippen LogP contribution in [0.3, 0.4) is 0 Å². The van der Waals surface area contributed by atoms with Crippen molar-refractivity contribution in [2.75, 3.05) is 0 Å². The summed E-state index contributed by atoms with van der Waals surface area (Å²) in [6, 6.07) is 0.507. The first-order valence-corrected chi connectivity index (χ1v) is 8.72. The summed E-state index contributed by atoms with van der Waals surface area (Å²) < 4.78 is 2.16. The maximum absolute atomic E-state index is 8.66. The van der Waals surface area contributed by atoms with Gasteiger partial charge in [-0.25, -0.2) is 4.98 Å². The minimum atomic E-state index is 0.507.